The van der Waals surface area contributed by atoms with Crippen molar-refractivity contribution in [3.63, 3.8) is 0 Å². The smallest absolute Gasteiger partial charge is 0.241 e. The fourth-order valence-electron chi connectivity index (χ4n) is 1.43. The predicted molar refractivity (Wildman–Crippen MR) is 73.7 cm³/mol. The summed E-state index contributed by atoms with van der Waals surface area (Å²) in [6, 6.07) is 6.88. The Morgan fingerprint density at radius 2 is 2.06 bits per heavy atom. The van der Waals surface area contributed by atoms with E-state index in [1.54, 1.807) is 0 Å². The molecule has 0 aliphatic carbocycles. The van der Waals surface area contributed by atoms with Crippen LogP contribution in [0.25, 0.3) is 0 Å². The highest BCUT2D eigenvalue weighted by Gasteiger charge is 2.18. The molecule has 18 heavy (non-hydrogen) atoms. The lowest BCUT2D eigenvalue weighted by Crippen LogP contribution is -2.39. The maximum Gasteiger partial charge on any atom is 0.241 e. The summed E-state index contributed by atoms with van der Waals surface area (Å²) in [4.78, 5) is 11.9. The van der Waals surface area contributed by atoms with Crippen molar-refractivity contribution >= 4 is 11.6 Å². The molecule has 1 amide bonds. The van der Waals surface area contributed by atoms with E-state index in [1.807, 2.05) is 45.0 Å². The maximum atomic E-state index is 11.9. The quantitative estimate of drug-likeness (QED) is 0.814. The molecule has 0 aromatic heterocycles. The second-order valence-electron chi connectivity index (χ2n) is 4.60. The van der Waals surface area contributed by atoms with Crippen molar-refractivity contribution < 1.29 is 9.53 Å². The van der Waals surface area contributed by atoms with Crippen LogP contribution in [0.2, 0.25) is 0 Å². The molecule has 4 nitrogen and oxygen atoms in total. The number of hydrogen-bond donors (Lipinski definition) is 2. The average Bonchev–Trinajstić information content (AvgIpc) is 2.36. The van der Waals surface area contributed by atoms with Crippen LogP contribution in [0.5, 0.6) is 5.75 Å². The molecule has 0 spiro atoms. The molecule has 0 fully saturated rings. The summed E-state index contributed by atoms with van der Waals surface area (Å²) in [5, 5.41) is 2.81. The highest BCUT2D eigenvalue weighted by molar-refractivity contribution is 5.96. The van der Waals surface area contributed by atoms with Crippen molar-refractivity contribution in [3.05, 3.63) is 24.3 Å². The third kappa shape index (κ3) is 4.04. The monoisotopic (exact) mass is 250 g/mol. The van der Waals surface area contributed by atoms with E-state index in [0.717, 1.165) is 6.42 Å². The van der Waals surface area contributed by atoms with Crippen LogP contribution in [0.3, 0.4) is 0 Å². The lowest BCUT2D eigenvalue weighted by atomic mass is 10.0. The van der Waals surface area contributed by atoms with Gasteiger partial charge in [-0.2, -0.15) is 0 Å². The first-order chi connectivity index (χ1) is 8.56. The van der Waals surface area contributed by atoms with Gasteiger partial charge in [0.2, 0.25) is 5.91 Å². The number of anilines is 1. The third-order valence-corrected chi connectivity index (χ3v) is 2.63. The second-order valence-corrected chi connectivity index (χ2v) is 4.60. The third-order valence-electron chi connectivity index (χ3n) is 2.63. The molecule has 0 aliphatic heterocycles. The standard InChI is InChI=1S/C14H22N2O2/c1-4-9-18-12-8-6-5-7-11(12)16-14(17)13(15)10(2)3/h5-8,10,13H,4,9,15H2,1-3H3,(H,16,17). The number of nitrogens with two attached hydrogens (primary N) is 1. The number of benzene rings is 1. The van der Waals surface area contributed by atoms with E-state index in [9.17, 15) is 4.79 Å². The molecular weight excluding hydrogens is 228 g/mol. The van der Waals surface area contributed by atoms with Gasteiger partial charge in [-0.05, 0) is 24.5 Å². The van der Waals surface area contributed by atoms with Crippen LogP contribution in [0.15, 0.2) is 24.3 Å². The number of ether oxygens (including phenoxy) is 1. The molecule has 1 unspecified atom stereocenters. The molecule has 1 aromatic rings. The van der Waals surface area contributed by atoms with E-state index in [1.165, 1.54) is 0 Å². The lowest BCUT2D eigenvalue weighted by molar-refractivity contribution is -0.118. The van der Waals surface area contributed by atoms with Crippen molar-refractivity contribution in [2.75, 3.05) is 11.9 Å². The van der Waals surface area contributed by atoms with Gasteiger partial charge in [-0.15, -0.1) is 0 Å². The fraction of sp³-hybridized carbons (Fsp3) is 0.500. The zero-order valence-electron chi connectivity index (χ0n) is 11.3. The van der Waals surface area contributed by atoms with Gasteiger partial charge in [0.15, 0.2) is 0 Å². The largest absolute Gasteiger partial charge is 0.491 e. The van der Waals surface area contributed by atoms with Gasteiger partial charge < -0.3 is 15.8 Å². The summed E-state index contributed by atoms with van der Waals surface area (Å²) in [5.41, 5.74) is 6.48. The number of carbonyl (C=O) groups excluding carboxylic acids is 1. The molecule has 1 rings (SSSR count). The number of amides is 1. The van der Waals surface area contributed by atoms with E-state index in [0.29, 0.717) is 18.0 Å². The Morgan fingerprint density at radius 3 is 2.67 bits per heavy atom. The Morgan fingerprint density at radius 1 is 1.39 bits per heavy atom. The molecule has 0 saturated heterocycles. The fourth-order valence-corrected chi connectivity index (χ4v) is 1.43. The van der Waals surface area contributed by atoms with Crippen LogP contribution in [-0.4, -0.2) is 18.6 Å². The molecule has 1 atom stereocenters. The van der Waals surface area contributed by atoms with E-state index in [-0.39, 0.29) is 11.8 Å². The summed E-state index contributed by atoms with van der Waals surface area (Å²) in [5.74, 6) is 0.606. The zero-order chi connectivity index (χ0) is 13.5. The molecule has 1 aromatic carbocycles. The normalized spacial score (nSPS) is 12.3. The minimum Gasteiger partial charge on any atom is -0.491 e. The van der Waals surface area contributed by atoms with Crippen molar-refractivity contribution in [2.45, 2.75) is 33.2 Å². The molecule has 3 N–H and O–H groups in total. The first-order valence-electron chi connectivity index (χ1n) is 6.34. The summed E-state index contributed by atoms with van der Waals surface area (Å²) in [7, 11) is 0. The molecule has 100 valence electrons. The molecule has 4 heteroatoms. The molecule has 0 radical (unpaired) electrons. The number of hydrogen-bond acceptors (Lipinski definition) is 3. The van der Waals surface area contributed by atoms with Gasteiger partial charge in [0.05, 0.1) is 18.3 Å². The molecular formula is C14H22N2O2. The Kier molecular flexibility index (Phi) is 5.65. The predicted octanol–water partition coefficient (Wildman–Crippen LogP) is 2.40. The SMILES string of the molecule is CCCOc1ccccc1NC(=O)C(N)C(C)C. The molecule has 0 aliphatic rings. The van der Waals surface area contributed by atoms with Crippen LogP contribution in [-0.2, 0) is 4.79 Å². The highest BCUT2D eigenvalue weighted by Crippen LogP contribution is 2.24. The summed E-state index contributed by atoms with van der Waals surface area (Å²) >= 11 is 0. The number of para-hydroxylation sites is 2. The minimum absolute atomic E-state index is 0.105. The Balaban J connectivity index is 2.74. The first kappa shape index (κ1) is 14.5. The molecule has 0 heterocycles. The maximum absolute atomic E-state index is 11.9. The van der Waals surface area contributed by atoms with Crippen LogP contribution in [0, 0.1) is 5.92 Å². The van der Waals surface area contributed by atoms with Crippen molar-refractivity contribution in [3.8, 4) is 5.75 Å². The highest BCUT2D eigenvalue weighted by atomic mass is 16.5. The second kappa shape index (κ2) is 7.01. The first-order valence-corrected chi connectivity index (χ1v) is 6.34. The van der Waals surface area contributed by atoms with Crippen molar-refractivity contribution in [1.29, 1.82) is 0 Å². The topological polar surface area (TPSA) is 64.3 Å². The van der Waals surface area contributed by atoms with E-state index in [2.05, 4.69) is 5.32 Å². The summed E-state index contributed by atoms with van der Waals surface area (Å²) in [6.45, 7) is 6.51. The molecule has 0 saturated carbocycles. The van der Waals surface area contributed by atoms with Gasteiger partial charge in [-0.25, -0.2) is 0 Å². The van der Waals surface area contributed by atoms with E-state index < -0.39 is 6.04 Å². The van der Waals surface area contributed by atoms with Gasteiger partial charge in [-0.3, -0.25) is 4.79 Å². The summed E-state index contributed by atoms with van der Waals surface area (Å²) in [6.07, 6.45) is 0.924. The zero-order valence-corrected chi connectivity index (χ0v) is 11.3. The van der Waals surface area contributed by atoms with E-state index >= 15 is 0 Å². The van der Waals surface area contributed by atoms with Crippen molar-refractivity contribution in [1.82, 2.24) is 0 Å². The van der Waals surface area contributed by atoms with Crippen molar-refractivity contribution in [2.24, 2.45) is 11.7 Å². The van der Waals surface area contributed by atoms with Crippen LogP contribution in [0.4, 0.5) is 5.69 Å². The summed E-state index contributed by atoms with van der Waals surface area (Å²) < 4.78 is 5.57. The number of carbonyl (C=O) groups is 1. The van der Waals surface area contributed by atoms with Crippen LogP contribution in [0.1, 0.15) is 27.2 Å². The van der Waals surface area contributed by atoms with Crippen LogP contribution >= 0.6 is 0 Å². The Hall–Kier alpha value is -1.55. The minimum atomic E-state index is -0.510. The number of rotatable bonds is 6. The van der Waals surface area contributed by atoms with Gasteiger partial charge in [0.25, 0.3) is 0 Å². The lowest BCUT2D eigenvalue weighted by Gasteiger charge is -2.17. The molecule has 0 bridgehead atoms. The number of nitrogens with one attached hydrogen (secondary N) is 1. The van der Waals surface area contributed by atoms with Crippen LogP contribution < -0.4 is 15.8 Å². The van der Waals surface area contributed by atoms with Gasteiger partial charge in [0, 0.05) is 0 Å². The van der Waals surface area contributed by atoms with E-state index in [4.69, 9.17) is 10.5 Å². The van der Waals surface area contributed by atoms with Gasteiger partial charge >= 0.3 is 0 Å². The van der Waals surface area contributed by atoms with Gasteiger partial charge in [0.1, 0.15) is 5.75 Å². The van der Waals surface area contributed by atoms with Gasteiger partial charge in [-0.1, -0.05) is 32.9 Å². The Labute approximate surface area is 109 Å². The average molecular weight is 250 g/mol. The Bertz CT molecular complexity index is 391.